The van der Waals surface area contributed by atoms with E-state index in [0.717, 1.165) is 25.8 Å². The van der Waals surface area contributed by atoms with Crippen molar-refractivity contribution >= 4 is 5.91 Å². The van der Waals surface area contributed by atoms with Gasteiger partial charge < -0.3 is 10.2 Å². The highest BCUT2D eigenvalue weighted by molar-refractivity contribution is 5.75. The molecular weight excluding hydrogens is 272 g/mol. The number of hydrogen-bond donors (Lipinski definition) is 1. The van der Waals surface area contributed by atoms with Gasteiger partial charge in [0.1, 0.15) is 0 Å². The van der Waals surface area contributed by atoms with E-state index in [2.05, 4.69) is 47.5 Å². The van der Waals surface area contributed by atoms with E-state index in [1.165, 1.54) is 24.8 Å². The molecule has 2 saturated heterocycles. The van der Waals surface area contributed by atoms with Gasteiger partial charge in [0.05, 0.1) is 0 Å². The average molecular weight is 300 g/mol. The summed E-state index contributed by atoms with van der Waals surface area (Å²) in [5, 5.41) is 3.77. The van der Waals surface area contributed by atoms with Crippen molar-refractivity contribution in [1.82, 2.24) is 10.2 Å². The molecule has 2 aliphatic heterocycles. The predicted octanol–water partition coefficient (Wildman–Crippen LogP) is 3.14. The molecule has 1 aromatic rings. The first-order chi connectivity index (χ1) is 10.6. The van der Waals surface area contributed by atoms with Gasteiger partial charge in [-0.05, 0) is 44.7 Å². The molecule has 120 valence electrons. The minimum absolute atomic E-state index is 0.0749. The van der Waals surface area contributed by atoms with Gasteiger partial charge >= 0.3 is 0 Å². The molecule has 0 unspecified atom stereocenters. The van der Waals surface area contributed by atoms with Crippen LogP contribution in [0.2, 0.25) is 0 Å². The number of fused-ring (bicyclic) bond motifs is 1. The molecule has 1 amide bonds. The SMILES string of the molecule is CC(=O)N1[C@H](Cc2ccccc2)C[C@]2(C)NCCCCC[C@H]12. The van der Waals surface area contributed by atoms with Gasteiger partial charge in [0, 0.05) is 24.5 Å². The fourth-order valence-corrected chi connectivity index (χ4v) is 4.48. The van der Waals surface area contributed by atoms with Crippen LogP contribution in [0.1, 0.15) is 51.5 Å². The highest BCUT2D eigenvalue weighted by Crippen LogP contribution is 2.38. The van der Waals surface area contributed by atoms with Crippen LogP contribution < -0.4 is 5.32 Å². The van der Waals surface area contributed by atoms with Crippen molar-refractivity contribution in [2.45, 2.75) is 70.0 Å². The van der Waals surface area contributed by atoms with E-state index in [1.54, 1.807) is 6.92 Å². The molecule has 2 heterocycles. The molecule has 0 aliphatic carbocycles. The molecule has 0 radical (unpaired) electrons. The number of hydrogen-bond acceptors (Lipinski definition) is 2. The van der Waals surface area contributed by atoms with E-state index < -0.39 is 0 Å². The van der Waals surface area contributed by atoms with Crippen LogP contribution in [0.3, 0.4) is 0 Å². The largest absolute Gasteiger partial charge is 0.335 e. The van der Waals surface area contributed by atoms with Gasteiger partial charge in [-0.25, -0.2) is 0 Å². The monoisotopic (exact) mass is 300 g/mol. The zero-order valence-corrected chi connectivity index (χ0v) is 13.8. The van der Waals surface area contributed by atoms with Crippen molar-refractivity contribution in [3.05, 3.63) is 35.9 Å². The lowest BCUT2D eigenvalue weighted by Gasteiger charge is -2.38. The van der Waals surface area contributed by atoms with E-state index in [9.17, 15) is 4.79 Å². The molecular formula is C19H28N2O. The molecule has 3 heteroatoms. The summed E-state index contributed by atoms with van der Waals surface area (Å²) in [6, 6.07) is 11.2. The van der Waals surface area contributed by atoms with Crippen LogP contribution in [0.25, 0.3) is 0 Å². The second-order valence-corrected chi connectivity index (χ2v) is 7.18. The van der Waals surface area contributed by atoms with Gasteiger partial charge in [0.25, 0.3) is 0 Å². The summed E-state index contributed by atoms with van der Waals surface area (Å²) in [6.07, 6.45) is 6.93. The zero-order chi connectivity index (χ0) is 15.6. The Morgan fingerprint density at radius 1 is 1.27 bits per heavy atom. The maximum Gasteiger partial charge on any atom is 0.220 e. The van der Waals surface area contributed by atoms with Crippen LogP contribution in [0.4, 0.5) is 0 Å². The number of carbonyl (C=O) groups excluding carboxylic acids is 1. The summed E-state index contributed by atoms with van der Waals surface area (Å²) in [6.45, 7) is 5.14. The van der Waals surface area contributed by atoms with E-state index in [0.29, 0.717) is 12.1 Å². The van der Waals surface area contributed by atoms with Crippen molar-refractivity contribution in [2.75, 3.05) is 6.54 Å². The number of nitrogens with zero attached hydrogens (tertiary/aromatic N) is 1. The summed E-state index contributed by atoms with van der Waals surface area (Å²) in [4.78, 5) is 14.5. The Morgan fingerprint density at radius 2 is 2.05 bits per heavy atom. The molecule has 2 aliphatic rings. The number of carbonyl (C=O) groups is 1. The Bertz CT molecular complexity index is 515. The lowest BCUT2D eigenvalue weighted by molar-refractivity contribution is -0.132. The third-order valence-corrected chi connectivity index (χ3v) is 5.49. The molecule has 0 saturated carbocycles. The maximum absolute atomic E-state index is 12.3. The molecule has 0 aromatic heterocycles. The minimum Gasteiger partial charge on any atom is -0.335 e. The predicted molar refractivity (Wildman–Crippen MR) is 89.7 cm³/mol. The molecule has 22 heavy (non-hydrogen) atoms. The first-order valence-electron chi connectivity index (χ1n) is 8.68. The van der Waals surface area contributed by atoms with Gasteiger partial charge in [-0.1, -0.05) is 43.2 Å². The van der Waals surface area contributed by atoms with Gasteiger partial charge in [-0.15, -0.1) is 0 Å². The zero-order valence-electron chi connectivity index (χ0n) is 13.8. The van der Waals surface area contributed by atoms with Crippen molar-refractivity contribution in [1.29, 1.82) is 0 Å². The van der Waals surface area contributed by atoms with Crippen molar-refractivity contribution in [2.24, 2.45) is 0 Å². The van der Waals surface area contributed by atoms with Gasteiger partial charge in [-0.2, -0.15) is 0 Å². The number of nitrogens with one attached hydrogen (secondary N) is 1. The van der Waals surface area contributed by atoms with E-state index in [1.807, 2.05) is 0 Å². The fraction of sp³-hybridized carbons (Fsp3) is 0.632. The lowest BCUT2D eigenvalue weighted by Crippen LogP contribution is -2.54. The van der Waals surface area contributed by atoms with Gasteiger partial charge in [0.15, 0.2) is 0 Å². The number of amides is 1. The topological polar surface area (TPSA) is 32.3 Å². The molecule has 3 atom stereocenters. The average Bonchev–Trinajstić information content (AvgIpc) is 2.73. The quantitative estimate of drug-likeness (QED) is 0.910. The van der Waals surface area contributed by atoms with E-state index >= 15 is 0 Å². The Morgan fingerprint density at radius 3 is 2.77 bits per heavy atom. The molecule has 1 aromatic carbocycles. The summed E-state index contributed by atoms with van der Waals surface area (Å²) < 4.78 is 0. The van der Waals surface area contributed by atoms with Crippen LogP contribution in [0.15, 0.2) is 30.3 Å². The summed E-state index contributed by atoms with van der Waals surface area (Å²) in [5.74, 6) is 0.233. The molecule has 0 bridgehead atoms. The standard InChI is InChI=1S/C19H28N2O/c1-15(22)21-17(13-16-9-5-3-6-10-16)14-19(2)18(21)11-7-4-8-12-20-19/h3,5-6,9-10,17-18,20H,4,7-8,11-14H2,1-2H3/t17-,18+,19+/m1/s1. The normalized spacial score (nSPS) is 32.2. The van der Waals surface area contributed by atoms with Crippen molar-refractivity contribution in [3.8, 4) is 0 Å². The molecule has 3 nitrogen and oxygen atoms in total. The van der Waals surface area contributed by atoms with Gasteiger partial charge in [0.2, 0.25) is 5.91 Å². The Hall–Kier alpha value is -1.35. The fourth-order valence-electron chi connectivity index (χ4n) is 4.48. The van der Waals surface area contributed by atoms with Crippen LogP contribution in [-0.4, -0.2) is 35.0 Å². The van der Waals surface area contributed by atoms with E-state index in [4.69, 9.17) is 0 Å². The van der Waals surface area contributed by atoms with Crippen LogP contribution in [0, 0.1) is 0 Å². The molecule has 3 rings (SSSR count). The summed E-state index contributed by atoms with van der Waals surface area (Å²) in [7, 11) is 0. The summed E-state index contributed by atoms with van der Waals surface area (Å²) >= 11 is 0. The number of benzene rings is 1. The Balaban J connectivity index is 1.84. The Labute approximate surface area is 134 Å². The lowest BCUT2D eigenvalue weighted by atomic mass is 9.85. The highest BCUT2D eigenvalue weighted by Gasteiger charge is 2.49. The van der Waals surface area contributed by atoms with Crippen LogP contribution >= 0.6 is 0 Å². The number of rotatable bonds is 2. The van der Waals surface area contributed by atoms with Crippen LogP contribution in [-0.2, 0) is 11.2 Å². The molecule has 0 spiro atoms. The maximum atomic E-state index is 12.3. The number of likely N-dealkylation sites (tertiary alicyclic amines) is 1. The first-order valence-corrected chi connectivity index (χ1v) is 8.68. The third kappa shape index (κ3) is 3.05. The smallest absolute Gasteiger partial charge is 0.220 e. The minimum atomic E-state index is 0.0749. The van der Waals surface area contributed by atoms with Gasteiger partial charge in [-0.3, -0.25) is 4.79 Å². The van der Waals surface area contributed by atoms with E-state index in [-0.39, 0.29) is 11.4 Å². The third-order valence-electron chi connectivity index (χ3n) is 5.49. The highest BCUT2D eigenvalue weighted by atomic mass is 16.2. The summed E-state index contributed by atoms with van der Waals surface area (Å²) in [5.41, 5.74) is 1.41. The first kappa shape index (κ1) is 15.5. The second kappa shape index (κ2) is 6.41. The second-order valence-electron chi connectivity index (χ2n) is 7.18. The Kier molecular flexibility index (Phi) is 4.53. The van der Waals surface area contributed by atoms with Crippen molar-refractivity contribution < 1.29 is 4.79 Å². The molecule has 1 N–H and O–H groups in total. The van der Waals surface area contributed by atoms with Crippen LogP contribution in [0.5, 0.6) is 0 Å². The molecule has 2 fully saturated rings. The van der Waals surface area contributed by atoms with Crippen molar-refractivity contribution in [3.63, 3.8) is 0 Å².